The molecule has 1 aliphatic rings. The summed E-state index contributed by atoms with van der Waals surface area (Å²) in [6.45, 7) is 3.52. The number of aromatic nitrogens is 1. The lowest BCUT2D eigenvalue weighted by Gasteiger charge is -2.35. The van der Waals surface area contributed by atoms with E-state index in [1.807, 2.05) is 17.0 Å². The lowest BCUT2D eigenvalue weighted by Crippen LogP contribution is -2.46. The molecule has 0 radical (unpaired) electrons. The summed E-state index contributed by atoms with van der Waals surface area (Å²) in [6, 6.07) is 9.51. The van der Waals surface area contributed by atoms with E-state index in [4.69, 9.17) is 0 Å². The van der Waals surface area contributed by atoms with Crippen LogP contribution in [0.25, 0.3) is 0 Å². The molecule has 0 aliphatic carbocycles. The van der Waals surface area contributed by atoms with Gasteiger partial charge in [-0.05, 0) is 29.8 Å². The Morgan fingerprint density at radius 1 is 0.963 bits per heavy atom. The number of piperazine rings is 1. The van der Waals surface area contributed by atoms with Gasteiger partial charge < -0.3 is 4.90 Å². The minimum Gasteiger partial charge on any atom is -0.354 e. The fourth-order valence-corrected chi connectivity index (χ4v) is 3.41. The Bertz CT molecular complexity index is 726. The van der Waals surface area contributed by atoms with Gasteiger partial charge in [-0.15, -0.1) is 0 Å². The molecule has 0 N–H and O–H groups in total. The van der Waals surface area contributed by atoms with Crippen molar-refractivity contribution in [2.24, 2.45) is 0 Å². The normalized spacial score (nSPS) is 16.1. The topological polar surface area (TPSA) is 19.4 Å². The first-order chi connectivity index (χ1) is 12.8. The average molecular weight is 403 g/mol. The Balaban J connectivity index is 1.51. The molecule has 27 heavy (non-hydrogen) atoms. The molecule has 1 aliphatic heterocycles. The van der Waals surface area contributed by atoms with Crippen LogP contribution in [0.2, 0.25) is 0 Å². The molecule has 0 bridgehead atoms. The van der Waals surface area contributed by atoms with Crippen LogP contribution in [0.4, 0.5) is 27.8 Å². The standard InChI is InChI=1S/C18H18F5N3S/c19-17(20)27-15-4-1-13(2-5-15)12-25-7-9-26(10-8-25)16-6-3-14(11-24-16)18(21,22)23/h1-6,11,17H,7-10,12H2. The largest absolute Gasteiger partial charge is 0.417 e. The van der Waals surface area contributed by atoms with Crippen molar-refractivity contribution in [3.05, 3.63) is 53.7 Å². The van der Waals surface area contributed by atoms with Crippen molar-refractivity contribution in [2.75, 3.05) is 31.1 Å². The van der Waals surface area contributed by atoms with E-state index in [1.165, 1.54) is 6.07 Å². The lowest BCUT2D eigenvalue weighted by atomic mass is 10.2. The van der Waals surface area contributed by atoms with Crippen molar-refractivity contribution in [3.63, 3.8) is 0 Å². The quantitative estimate of drug-likeness (QED) is 0.531. The van der Waals surface area contributed by atoms with Gasteiger partial charge in [0, 0.05) is 43.8 Å². The first-order valence-corrected chi connectivity index (χ1v) is 9.23. The van der Waals surface area contributed by atoms with Crippen LogP contribution in [0, 0.1) is 0 Å². The Hall–Kier alpha value is -1.87. The predicted octanol–water partition coefficient (Wildman–Crippen LogP) is 4.74. The van der Waals surface area contributed by atoms with E-state index in [-0.39, 0.29) is 0 Å². The van der Waals surface area contributed by atoms with Gasteiger partial charge in [-0.1, -0.05) is 23.9 Å². The Labute approximate surface area is 158 Å². The molecule has 9 heteroatoms. The minimum atomic E-state index is -4.38. The van der Waals surface area contributed by atoms with Crippen molar-refractivity contribution in [1.29, 1.82) is 0 Å². The molecule has 2 aromatic rings. The molecule has 0 unspecified atom stereocenters. The van der Waals surface area contributed by atoms with Gasteiger partial charge in [-0.3, -0.25) is 4.90 Å². The molecule has 1 aromatic carbocycles. The van der Waals surface area contributed by atoms with Crippen LogP contribution in [0.5, 0.6) is 0 Å². The van der Waals surface area contributed by atoms with Crippen molar-refractivity contribution >= 4 is 17.6 Å². The van der Waals surface area contributed by atoms with Crippen LogP contribution in [0.15, 0.2) is 47.5 Å². The third-order valence-corrected chi connectivity index (χ3v) is 5.05. The highest BCUT2D eigenvalue weighted by Gasteiger charge is 2.31. The van der Waals surface area contributed by atoms with Crippen LogP contribution in [-0.2, 0) is 12.7 Å². The van der Waals surface area contributed by atoms with Crippen molar-refractivity contribution in [1.82, 2.24) is 9.88 Å². The van der Waals surface area contributed by atoms with Crippen LogP contribution in [-0.4, -0.2) is 41.8 Å². The van der Waals surface area contributed by atoms with Gasteiger partial charge in [0.2, 0.25) is 0 Å². The summed E-state index contributed by atoms with van der Waals surface area (Å²) in [5, 5.41) is 0. The van der Waals surface area contributed by atoms with Gasteiger partial charge in [0.15, 0.2) is 0 Å². The summed E-state index contributed by atoms with van der Waals surface area (Å²) in [5.74, 6) is -1.89. The molecular formula is C18H18F5N3S. The molecular weight excluding hydrogens is 385 g/mol. The highest BCUT2D eigenvalue weighted by atomic mass is 32.2. The van der Waals surface area contributed by atoms with E-state index in [2.05, 4.69) is 9.88 Å². The molecule has 1 saturated heterocycles. The maximum absolute atomic E-state index is 12.6. The predicted molar refractivity (Wildman–Crippen MR) is 95.0 cm³/mol. The maximum Gasteiger partial charge on any atom is 0.417 e. The monoisotopic (exact) mass is 403 g/mol. The Morgan fingerprint density at radius 3 is 2.15 bits per heavy atom. The first kappa shape index (κ1) is 19.9. The molecule has 0 amide bonds. The van der Waals surface area contributed by atoms with Gasteiger partial charge in [0.1, 0.15) is 5.82 Å². The molecule has 0 atom stereocenters. The van der Waals surface area contributed by atoms with E-state index in [9.17, 15) is 22.0 Å². The molecule has 0 spiro atoms. The fourth-order valence-electron chi connectivity index (χ4n) is 2.91. The van der Waals surface area contributed by atoms with E-state index in [0.717, 1.165) is 30.9 Å². The van der Waals surface area contributed by atoms with Gasteiger partial charge in [0.25, 0.3) is 5.76 Å². The summed E-state index contributed by atoms with van der Waals surface area (Å²) < 4.78 is 62.5. The van der Waals surface area contributed by atoms with Gasteiger partial charge in [-0.25, -0.2) is 4.98 Å². The summed E-state index contributed by atoms with van der Waals surface area (Å²) in [6.07, 6.45) is -3.52. The van der Waals surface area contributed by atoms with Crippen molar-refractivity contribution in [2.45, 2.75) is 23.4 Å². The second-order valence-corrected chi connectivity index (χ2v) is 7.25. The number of hydrogen-bond acceptors (Lipinski definition) is 4. The average Bonchev–Trinajstić information content (AvgIpc) is 2.63. The number of alkyl halides is 5. The SMILES string of the molecule is FC(F)Sc1ccc(CN2CCN(c3ccc(C(F)(F)F)cn3)CC2)cc1. The van der Waals surface area contributed by atoms with Crippen molar-refractivity contribution in [3.8, 4) is 0 Å². The first-order valence-electron chi connectivity index (χ1n) is 8.35. The molecule has 3 nitrogen and oxygen atoms in total. The number of halogens is 5. The second kappa shape index (κ2) is 8.43. The molecule has 3 rings (SSSR count). The van der Waals surface area contributed by atoms with Crippen LogP contribution in [0.3, 0.4) is 0 Å². The number of pyridine rings is 1. The van der Waals surface area contributed by atoms with Gasteiger partial charge in [-0.2, -0.15) is 22.0 Å². The van der Waals surface area contributed by atoms with Crippen LogP contribution >= 0.6 is 11.8 Å². The van der Waals surface area contributed by atoms with E-state index in [1.54, 1.807) is 12.1 Å². The third-order valence-electron chi connectivity index (χ3n) is 4.33. The van der Waals surface area contributed by atoms with Gasteiger partial charge in [0.05, 0.1) is 5.56 Å². The molecule has 2 heterocycles. The zero-order valence-electron chi connectivity index (χ0n) is 14.3. The van der Waals surface area contributed by atoms with Crippen molar-refractivity contribution < 1.29 is 22.0 Å². The minimum absolute atomic E-state index is 0.523. The third kappa shape index (κ3) is 5.55. The molecule has 1 fully saturated rings. The fraction of sp³-hybridized carbons (Fsp3) is 0.389. The van der Waals surface area contributed by atoms with E-state index < -0.39 is 17.5 Å². The number of anilines is 1. The summed E-state index contributed by atoms with van der Waals surface area (Å²) >= 11 is 0.523. The molecule has 146 valence electrons. The number of nitrogens with zero attached hydrogens (tertiary/aromatic N) is 3. The Kier molecular flexibility index (Phi) is 6.21. The lowest BCUT2D eigenvalue weighted by molar-refractivity contribution is -0.137. The Morgan fingerprint density at radius 2 is 1.63 bits per heavy atom. The highest BCUT2D eigenvalue weighted by Crippen LogP contribution is 2.29. The number of thioether (sulfide) groups is 1. The summed E-state index contributed by atoms with van der Waals surface area (Å²) in [7, 11) is 0. The second-order valence-electron chi connectivity index (χ2n) is 6.19. The zero-order valence-corrected chi connectivity index (χ0v) is 15.1. The van der Waals surface area contributed by atoms with Crippen LogP contribution in [0.1, 0.15) is 11.1 Å². The molecule has 0 saturated carbocycles. The van der Waals surface area contributed by atoms with E-state index >= 15 is 0 Å². The van der Waals surface area contributed by atoms with Crippen LogP contribution < -0.4 is 4.90 Å². The summed E-state index contributed by atoms with van der Waals surface area (Å²) in [4.78, 5) is 8.64. The van der Waals surface area contributed by atoms with Gasteiger partial charge >= 0.3 is 6.18 Å². The highest BCUT2D eigenvalue weighted by molar-refractivity contribution is 7.99. The number of hydrogen-bond donors (Lipinski definition) is 0. The number of benzene rings is 1. The molecule has 1 aromatic heterocycles. The maximum atomic E-state index is 12.6. The van der Waals surface area contributed by atoms with E-state index in [0.29, 0.717) is 42.1 Å². The smallest absolute Gasteiger partial charge is 0.354 e. The number of rotatable bonds is 5. The summed E-state index contributed by atoms with van der Waals surface area (Å²) in [5.41, 5.74) is 0.285. The zero-order chi connectivity index (χ0) is 19.4.